The van der Waals surface area contributed by atoms with Crippen LogP contribution in [0.25, 0.3) is 0 Å². The average molecular weight is 202 g/mol. The van der Waals surface area contributed by atoms with Crippen LogP contribution in [-0.4, -0.2) is 55.5 Å². The Morgan fingerprint density at radius 3 is 2.64 bits per heavy atom. The summed E-state index contributed by atoms with van der Waals surface area (Å²) in [5.41, 5.74) is 5.85. The summed E-state index contributed by atoms with van der Waals surface area (Å²) >= 11 is 0. The van der Waals surface area contributed by atoms with E-state index in [1.165, 1.54) is 0 Å². The lowest BCUT2D eigenvalue weighted by molar-refractivity contribution is 0.0388. The molecule has 1 aliphatic rings. The van der Waals surface area contributed by atoms with Crippen molar-refractivity contribution in [2.75, 3.05) is 33.4 Å². The minimum absolute atomic E-state index is 0.110. The van der Waals surface area contributed by atoms with Crippen molar-refractivity contribution in [1.29, 1.82) is 0 Å². The van der Waals surface area contributed by atoms with E-state index in [4.69, 9.17) is 15.6 Å². The standard InChI is InChI=1S/C10H22N2O2/c1-14-10-2-5-12(6-3-10)8-9(11)4-7-13/h9-10,13H,2-8,11H2,1H3. The Balaban J connectivity index is 2.15. The molecule has 1 saturated heterocycles. The number of piperidine rings is 1. The monoisotopic (exact) mass is 202 g/mol. The molecule has 4 heteroatoms. The molecule has 0 aromatic heterocycles. The average Bonchev–Trinajstić information content (AvgIpc) is 2.19. The molecular formula is C10H22N2O2. The molecule has 4 nitrogen and oxygen atoms in total. The number of ether oxygens (including phenoxy) is 1. The normalized spacial score (nSPS) is 22.5. The smallest absolute Gasteiger partial charge is 0.0595 e. The minimum Gasteiger partial charge on any atom is -0.396 e. The van der Waals surface area contributed by atoms with Crippen LogP contribution in [0.15, 0.2) is 0 Å². The first-order valence-corrected chi connectivity index (χ1v) is 5.38. The SMILES string of the molecule is COC1CCN(CC(N)CCO)CC1. The van der Waals surface area contributed by atoms with Crippen LogP contribution in [0.1, 0.15) is 19.3 Å². The van der Waals surface area contributed by atoms with Crippen LogP contribution in [0.5, 0.6) is 0 Å². The second-order valence-electron chi connectivity index (χ2n) is 4.01. The molecule has 0 aromatic carbocycles. The molecule has 1 rings (SSSR count). The Kier molecular flexibility index (Phi) is 5.40. The summed E-state index contributed by atoms with van der Waals surface area (Å²) in [4.78, 5) is 2.36. The van der Waals surface area contributed by atoms with Gasteiger partial charge in [-0.15, -0.1) is 0 Å². The summed E-state index contributed by atoms with van der Waals surface area (Å²) in [6.07, 6.45) is 3.33. The summed E-state index contributed by atoms with van der Waals surface area (Å²) in [7, 11) is 1.78. The number of aliphatic hydroxyl groups is 1. The van der Waals surface area contributed by atoms with Gasteiger partial charge in [0.15, 0.2) is 0 Å². The zero-order valence-electron chi connectivity index (χ0n) is 8.98. The molecule has 0 bridgehead atoms. The first-order chi connectivity index (χ1) is 6.76. The van der Waals surface area contributed by atoms with Crippen LogP contribution >= 0.6 is 0 Å². The van der Waals surface area contributed by atoms with Crippen molar-refractivity contribution in [3.63, 3.8) is 0 Å². The third-order valence-corrected chi connectivity index (χ3v) is 2.86. The van der Waals surface area contributed by atoms with Crippen LogP contribution in [0.2, 0.25) is 0 Å². The Labute approximate surface area is 86.0 Å². The van der Waals surface area contributed by atoms with E-state index < -0.39 is 0 Å². The van der Waals surface area contributed by atoms with Gasteiger partial charge >= 0.3 is 0 Å². The zero-order valence-corrected chi connectivity index (χ0v) is 8.98. The summed E-state index contributed by atoms with van der Waals surface area (Å²) in [5, 5.41) is 8.73. The van der Waals surface area contributed by atoms with Crippen LogP contribution in [0.4, 0.5) is 0 Å². The molecule has 1 unspecified atom stereocenters. The molecule has 1 aliphatic heterocycles. The largest absolute Gasteiger partial charge is 0.396 e. The summed E-state index contributed by atoms with van der Waals surface area (Å²) in [6.45, 7) is 3.22. The van der Waals surface area contributed by atoms with Crippen LogP contribution in [0, 0.1) is 0 Å². The lowest BCUT2D eigenvalue weighted by atomic mass is 10.1. The molecule has 1 heterocycles. The van der Waals surface area contributed by atoms with Crippen LogP contribution in [-0.2, 0) is 4.74 Å². The van der Waals surface area contributed by atoms with Gasteiger partial charge in [0.1, 0.15) is 0 Å². The van der Waals surface area contributed by atoms with Crippen molar-refractivity contribution >= 4 is 0 Å². The maximum atomic E-state index is 8.73. The molecular weight excluding hydrogens is 180 g/mol. The fourth-order valence-corrected chi connectivity index (χ4v) is 1.92. The third kappa shape index (κ3) is 3.92. The summed E-state index contributed by atoms with van der Waals surface area (Å²) in [6, 6.07) is 0.110. The molecule has 0 aliphatic carbocycles. The first-order valence-electron chi connectivity index (χ1n) is 5.38. The fourth-order valence-electron chi connectivity index (χ4n) is 1.92. The Morgan fingerprint density at radius 1 is 1.50 bits per heavy atom. The van der Waals surface area contributed by atoms with E-state index >= 15 is 0 Å². The van der Waals surface area contributed by atoms with E-state index in [1.807, 2.05) is 0 Å². The molecule has 3 N–H and O–H groups in total. The Bertz CT molecular complexity index is 147. The molecule has 14 heavy (non-hydrogen) atoms. The van der Waals surface area contributed by atoms with Gasteiger partial charge in [0.05, 0.1) is 6.10 Å². The van der Waals surface area contributed by atoms with E-state index in [2.05, 4.69) is 4.90 Å². The van der Waals surface area contributed by atoms with Crippen molar-refractivity contribution in [2.24, 2.45) is 5.73 Å². The molecule has 0 amide bonds. The second kappa shape index (κ2) is 6.35. The van der Waals surface area contributed by atoms with Crippen molar-refractivity contribution < 1.29 is 9.84 Å². The van der Waals surface area contributed by atoms with Gasteiger partial charge in [0, 0.05) is 39.4 Å². The van der Waals surface area contributed by atoms with E-state index in [-0.39, 0.29) is 12.6 Å². The van der Waals surface area contributed by atoms with Crippen molar-refractivity contribution in [1.82, 2.24) is 4.90 Å². The highest BCUT2D eigenvalue weighted by atomic mass is 16.5. The number of rotatable bonds is 5. The van der Waals surface area contributed by atoms with Gasteiger partial charge in [0.25, 0.3) is 0 Å². The Morgan fingerprint density at radius 2 is 2.14 bits per heavy atom. The number of likely N-dealkylation sites (tertiary alicyclic amines) is 1. The summed E-state index contributed by atoms with van der Waals surface area (Å²) < 4.78 is 5.29. The number of hydrogen-bond acceptors (Lipinski definition) is 4. The van der Waals surface area contributed by atoms with Gasteiger partial charge in [-0.25, -0.2) is 0 Å². The number of hydrogen-bond donors (Lipinski definition) is 2. The van der Waals surface area contributed by atoms with Gasteiger partial charge in [0.2, 0.25) is 0 Å². The van der Waals surface area contributed by atoms with Crippen molar-refractivity contribution in [2.45, 2.75) is 31.4 Å². The van der Waals surface area contributed by atoms with Crippen LogP contribution in [0.3, 0.4) is 0 Å². The number of nitrogens with two attached hydrogens (primary N) is 1. The first kappa shape index (κ1) is 11.9. The molecule has 0 spiro atoms. The lowest BCUT2D eigenvalue weighted by Crippen LogP contribution is -2.43. The maximum absolute atomic E-state index is 8.73. The summed E-state index contributed by atoms with van der Waals surface area (Å²) in [5.74, 6) is 0. The highest BCUT2D eigenvalue weighted by Crippen LogP contribution is 2.12. The number of aliphatic hydroxyl groups excluding tert-OH is 1. The predicted octanol–water partition coefficient (Wildman–Crippen LogP) is -0.193. The van der Waals surface area contributed by atoms with E-state index in [0.717, 1.165) is 32.5 Å². The quantitative estimate of drug-likeness (QED) is 0.648. The van der Waals surface area contributed by atoms with Gasteiger partial charge in [-0.1, -0.05) is 0 Å². The molecule has 0 saturated carbocycles. The molecule has 1 atom stereocenters. The van der Waals surface area contributed by atoms with Gasteiger partial charge in [-0.2, -0.15) is 0 Å². The topological polar surface area (TPSA) is 58.7 Å². The number of methoxy groups -OCH3 is 1. The molecule has 0 radical (unpaired) electrons. The molecule has 0 aromatic rings. The molecule has 1 fully saturated rings. The minimum atomic E-state index is 0.110. The van der Waals surface area contributed by atoms with E-state index in [1.54, 1.807) is 7.11 Å². The van der Waals surface area contributed by atoms with Crippen molar-refractivity contribution in [3.05, 3.63) is 0 Å². The number of nitrogens with zero attached hydrogens (tertiary/aromatic N) is 1. The van der Waals surface area contributed by atoms with Gasteiger partial charge < -0.3 is 20.5 Å². The van der Waals surface area contributed by atoms with Gasteiger partial charge in [-0.05, 0) is 19.3 Å². The second-order valence-corrected chi connectivity index (χ2v) is 4.01. The highest BCUT2D eigenvalue weighted by molar-refractivity contribution is 4.75. The van der Waals surface area contributed by atoms with E-state index in [0.29, 0.717) is 12.5 Å². The van der Waals surface area contributed by atoms with E-state index in [9.17, 15) is 0 Å². The predicted molar refractivity (Wildman–Crippen MR) is 56.1 cm³/mol. The Hall–Kier alpha value is -0.160. The molecule has 84 valence electrons. The fraction of sp³-hybridized carbons (Fsp3) is 1.00. The lowest BCUT2D eigenvalue weighted by Gasteiger charge is -2.32. The van der Waals surface area contributed by atoms with Crippen LogP contribution < -0.4 is 5.73 Å². The zero-order chi connectivity index (χ0) is 10.4. The van der Waals surface area contributed by atoms with Crippen molar-refractivity contribution in [3.8, 4) is 0 Å². The maximum Gasteiger partial charge on any atom is 0.0595 e. The van der Waals surface area contributed by atoms with Gasteiger partial charge in [-0.3, -0.25) is 0 Å². The third-order valence-electron chi connectivity index (χ3n) is 2.86. The highest BCUT2D eigenvalue weighted by Gasteiger charge is 2.19.